The molecule has 0 saturated heterocycles. The number of carbonyl (C=O) groups is 1. The number of hydrogen-bond donors (Lipinski definition) is 0. The van der Waals surface area contributed by atoms with Gasteiger partial charge in [0.15, 0.2) is 11.5 Å². The highest BCUT2D eigenvalue weighted by atomic mass is 35.5. The Morgan fingerprint density at radius 2 is 1.97 bits per heavy atom. The molecule has 0 aliphatic rings. The van der Waals surface area contributed by atoms with Crippen LogP contribution in [0.25, 0.3) is 27.9 Å². The predicted octanol–water partition coefficient (Wildman–Crippen LogP) is 6.76. The van der Waals surface area contributed by atoms with Gasteiger partial charge in [-0.2, -0.15) is 18.3 Å². The summed E-state index contributed by atoms with van der Waals surface area (Å²) >= 11 is 13.0. The Labute approximate surface area is 193 Å². The van der Waals surface area contributed by atoms with Gasteiger partial charge in [-0.1, -0.05) is 23.2 Å². The van der Waals surface area contributed by atoms with Crippen molar-refractivity contribution < 1.29 is 27.1 Å². The van der Waals surface area contributed by atoms with Crippen molar-refractivity contribution in [2.24, 2.45) is 0 Å². The highest BCUT2D eigenvalue weighted by Crippen LogP contribution is 2.37. The number of carbonyl (C=O) groups excluding carboxylic acids is 1. The molecule has 0 amide bonds. The lowest BCUT2D eigenvalue weighted by Crippen LogP contribution is -2.18. The van der Waals surface area contributed by atoms with Crippen LogP contribution < -0.4 is 0 Å². The molecule has 166 valence electrons. The van der Waals surface area contributed by atoms with Crippen molar-refractivity contribution in [3.63, 3.8) is 0 Å². The van der Waals surface area contributed by atoms with Gasteiger partial charge in [0.2, 0.25) is 5.13 Å². The third-order valence-corrected chi connectivity index (χ3v) is 5.63. The monoisotopic (exact) mass is 501 g/mol. The van der Waals surface area contributed by atoms with Gasteiger partial charge in [-0.15, -0.1) is 11.3 Å². The maximum atomic E-state index is 13.7. The van der Waals surface area contributed by atoms with Crippen LogP contribution in [0.4, 0.5) is 13.2 Å². The first-order chi connectivity index (χ1) is 15.2. The van der Waals surface area contributed by atoms with Crippen LogP contribution in [0.2, 0.25) is 10.0 Å². The van der Waals surface area contributed by atoms with Crippen LogP contribution in [0.15, 0.2) is 46.3 Å². The van der Waals surface area contributed by atoms with Gasteiger partial charge in [0.05, 0.1) is 17.8 Å². The first-order valence-electron chi connectivity index (χ1n) is 9.03. The van der Waals surface area contributed by atoms with Crippen molar-refractivity contribution in [3.05, 3.63) is 63.2 Å². The molecule has 12 heteroatoms. The summed E-state index contributed by atoms with van der Waals surface area (Å²) < 4.78 is 52.1. The standard InChI is InChI=1S/C20H12Cl2F3N3O3S/c1-2-30-18(29)12-8-26-28(17(12)20(23,24)25)19-27-14(9-32-19)16-6-5-15(31-16)11-4-3-10(21)7-13(11)22/h3-9H,2H2,1H3. The number of aromatic nitrogens is 3. The molecule has 0 saturated carbocycles. The average Bonchev–Trinajstić information content (AvgIpc) is 3.45. The Hall–Kier alpha value is -2.82. The Morgan fingerprint density at radius 1 is 1.22 bits per heavy atom. The maximum Gasteiger partial charge on any atom is 0.434 e. The summed E-state index contributed by atoms with van der Waals surface area (Å²) in [6.07, 6.45) is -4.04. The number of furan rings is 1. The van der Waals surface area contributed by atoms with Crippen LogP contribution in [0.1, 0.15) is 23.0 Å². The highest BCUT2D eigenvalue weighted by molar-refractivity contribution is 7.12. The van der Waals surface area contributed by atoms with Crippen LogP contribution in [0.5, 0.6) is 0 Å². The molecule has 0 aliphatic heterocycles. The van der Waals surface area contributed by atoms with Crippen molar-refractivity contribution in [2.45, 2.75) is 13.1 Å². The van der Waals surface area contributed by atoms with Gasteiger partial charge in [-0.05, 0) is 37.3 Å². The number of nitrogens with zero attached hydrogens (tertiary/aromatic N) is 3. The number of alkyl halides is 3. The molecule has 3 aromatic heterocycles. The number of ether oxygens (including phenoxy) is 1. The molecule has 6 nitrogen and oxygen atoms in total. The minimum atomic E-state index is -4.85. The van der Waals surface area contributed by atoms with Gasteiger partial charge in [-0.3, -0.25) is 0 Å². The molecule has 0 radical (unpaired) electrons. The summed E-state index contributed by atoms with van der Waals surface area (Å²) in [4.78, 5) is 16.1. The number of halogens is 5. The zero-order valence-electron chi connectivity index (χ0n) is 16.1. The van der Waals surface area contributed by atoms with Crippen LogP contribution in [0.3, 0.4) is 0 Å². The Bertz CT molecular complexity index is 1300. The lowest BCUT2D eigenvalue weighted by Gasteiger charge is -2.10. The predicted molar refractivity (Wildman–Crippen MR) is 113 cm³/mol. The minimum Gasteiger partial charge on any atom is -0.462 e. The number of thiazole rings is 1. The molecule has 0 spiro atoms. The topological polar surface area (TPSA) is 70.2 Å². The normalized spacial score (nSPS) is 11.7. The second kappa shape index (κ2) is 8.61. The van der Waals surface area contributed by atoms with E-state index >= 15 is 0 Å². The minimum absolute atomic E-state index is 0.0683. The SMILES string of the molecule is CCOC(=O)c1cnn(-c2nc(-c3ccc(-c4ccc(Cl)cc4Cl)o3)cs2)c1C(F)(F)F. The van der Waals surface area contributed by atoms with E-state index in [1.165, 1.54) is 12.3 Å². The Morgan fingerprint density at radius 3 is 2.66 bits per heavy atom. The van der Waals surface area contributed by atoms with E-state index in [0.29, 0.717) is 37.5 Å². The third-order valence-electron chi connectivity index (χ3n) is 4.26. The zero-order valence-corrected chi connectivity index (χ0v) is 18.4. The van der Waals surface area contributed by atoms with Crippen LogP contribution in [-0.2, 0) is 10.9 Å². The number of rotatable bonds is 5. The van der Waals surface area contributed by atoms with E-state index in [-0.39, 0.29) is 11.7 Å². The molecule has 4 aromatic rings. The van der Waals surface area contributed by atoms with E-state index in [4.69, 9.17) is 32.4 Å². The van der Waals surface area contributed by atoms with Crippen molar-refractivity contribution in [1.82, 2.24) is 14.8 Å². The second-order valence-corrected chi connectivity index (χ2v) is 8.02. The quantitative estimate of drug-likeness (QED) is 0.282. The highest BCUT2D eigenvalue weighted by Gasteiger charge is 2.41. The second-order valence-electron chi connectivity index (χ2n) is 6.34. The summed E-state index contributed by atoms with van der Waals surface area (Å²) in [6.45, 7) is 1.43. The molecule has 32 heavy (non-hydrogen) atoms. The first-order valence-corrected chi connectivity index (χ1v) is 10.7. The molecular weight excluding hydrogens is 490 g/mol. The molecule has 0 N–H and O–H groups in total. The Balaban J connectivity index is 1.70. The fourth-order valence-corrected chi connectivity index (χ4v) is 4.19. The van der Waals surface area contributed by atoms with Gasteiger partial charge >= 0.3 is 12.1 Å². The van der Waals surface area contributed by atoms with Gasteiger partial charge in [-0.25, -0.2) is 14.5 Å². The average molecular weight is 502 g/mol. The van der Waals surface area contributed by atoms with Crippen LogP contribution >= 0.6 is 34.5 Å². The molecular formula is C20H12Cl2F3N3O3S. The largest absolute Gasteiger partial charge is 0.462 e. The van der Waals surface area contributed by atoms with Crippen molar-refractivity contribution in [1.29, 1.82) is 0 Å². The number of benzene rings is 1. The van der Waals surface area contributed by atoms with Crippen LogP contribution in [0, 0.1) is 0 Å². The molecule has 0 atom stereocenters. The molecule has 0 aliphatic carbocycles. The molecule has 3 heterocycles. The van der Waals surface area contributed by atoms with Crippen molar-refractivity contribution in [2.75, 3.05) is 6.61 Å². The van der Waals surface area contributed by atoms with E-state index in [9.17, 15) is 18.0 Å². The lowest BCUT2D eigenvalue weighted by atomic mass is 10.2. The van der Waals surface area contributed by atoms with E-state index in [1.54, 1.807) is 30.3 Å². The number of esters is 1. The van der Waals surface area contributed by atoms with Crippen molar-refractivity contribution in [3.8, 4) is 27.9 Å². The molecule has 0 fully saturated rings. The van der Waals surface area contributed by atoms with E-state index in [1.807, 2.05) is 0 Å². The Kier molecular flexibility index (Phi) is 6.02. The summed E-state index contributed by atoms with van der Waals surface area (Å²) in [5.74, 6) is -0.353. The molecule has 1 aromatic carbocycles. The van der Waals surface area contributed by atoms with Gasteiger partial charge < -0.3 is 9.15 Å². The van der Waals surface area contributed by atoms with Gasteiger partial charge in [0, 0.05) is 16.0 Å². The lowest BCUT2D eigenvalue weighted by molar-refractivity contribution is -0.143. The van der Waals surface area contributed by atoms with E-state index < -0.39 is 23.4 Å². The fraction of sp³-hybridized carbons (Fsp3) is 0.150. The molecule has 0 bridgehead atoms. The maximum absolute atomic E-state index is 13.7. The number of hydrogen-bond acceptors (Lipinski definition) is 6. The smallest absolute Gasteiger partial charge is 0.434 e. The summed E-state index contributed by atoms with van der Waals surface area (Å²) in [7, 11) is 0. The van der Waals surface area contributed by atoms with Gasteiger partial charge in [0.25, 0.3) is 0 Å². The first kappa shape index (κ1) is 22.4. The van der Waals surface area contributed by atoms with Gasteiger partial charge in [0.1, 0.15) is 17.0 Å². The van der Waals surface area contributed by atoms with E-state index in [2.05, 4.69) is 10.1 Å². The fourth-order valence-electron chi connectivity index (χ4n) is 2.91. The summed E-state index contributed by atoms with van der Waals surface area (Å²) in [5.41, 5.74) is -1.05. The van der Waals surface area contributed by atoms with Crippen molar-refractivity contribution >= 4 is 40.5 Å². The van der Waals surface area contributed by atoms with E-state index in [0.717, 1.165) is 17.5 Å². The zero-order chi connectivity index (χ0) is 23.0. The summed E-state index contributed by atoms with van der Waals surface area (Å²) in [5, 5.41) is 6.00. The van der Waals surface area contributed by atoms with Crippen LogP contribution in [-0.4, -0.2) is 27.3 Å². The molecule has 0 unspecified atom stereocenters. The summed E-state index contributed by atoms with van der Waals surface area (Å²) in [6, 6.07) is 8.20. The molecule has 4 rings (SSSR count). The third kappa shape index (κ3) is 4.25.